The van der Waals surface area contributed by atoms with Gasteiger partial charge in [0.25, 0.3) is 5.91 Å². The van der Waals surface area contributed by atoms with Crippen LogP contribution in [0.5, 0.6) is 0 Å². The fourth-order valence-electron chi connectivity index (χ4n) is 2.82. The lowest BCUT2D eigenvalue weighted by Gasteiger charge is -2.21. The number of nitrogens with zero attached hydrogens (tertiary/aromatic N) is 4. The van der Waals surface area contributed by atoms with Crippen LogP contribution in [0.3, 0.4) is 0 Å². The molecule has 3 rings (SSSR count). The Hall–Kier alpha value is -2.26. The molecule has 134 valence electrons. The first-order valence-electron chi connectivity index (χ1n) is 7.92. The Bertz CT molecular complexity index is 881. The standard InChI is InChI=1S/C16H19FN4O3S/c1-19-12-13(11-18-19)25(23,24)21-8-4-7-20(9-10-21)16(22)14-5-2-3-6-15(14)17/h2-3,5-6,11-12H,4,7-10H2,1H3. The van der Waals surface area contributed by atoms with Crippen LogP contribution in [0.4, 0.5) is 4.39 Å². The summed E-state index contributed by atoms with van der Waals surface area (Å²) in [5.41, 5.74) is 0.00562. The summed E-state index contributed by atoms with van der Waals surface area (Å²) in [6.45, 7) is 1.06. The molecule has 1 saturated heterocycles. The number of benzene rings is 1. The Balaban J connectivity index is 1.74. The molecule has 25 heavy (non-hydrogen) atoms. The number of hydrogen-bond donors (Lipinski definition) is 0. The number of halogens is 1. The number of carbonyl (C=O) groups excluding carboxylic acids is 1. The van der Waals surface area contributed by atoms with Crippen molar-refractivity contribution in [1.82, 2.24) is 19.0 Å². The molecule has 0 spiro atoms. The smallest absolute Gasteiger partial charge is 0.256 e. The van der Waals surface area contributed by atoms with Gasteiger partial charge >= 0.3 is 0 Å². The lowest BCUT2D eigenvalue weighted by molar-refractivity contribution is 0.0759. The van der Waals surface area contributed by atoms with Crippen molar-refractivity contribution in [2.24, 2.45) is 7.05 Å². The molecule has 1 aliphatic rings. The third-order valence-electron chi connectivity index (χ3n) is 4.17. The molecule has 1 aromatic carbocycles. The van der Waals surface area contributed by atoms with Gasteiger partial charge in [-0.25, -0.2) is 12.8 Å². The van der Waals surface area contributed by atoms with Crippen LogP contribution in [-0.2, 0) is 17.1 Å². The van der Waals surface area contributed by atoms with E-state index >= 15 is 0 Å². The van der Waals surface area contributed by atoms with E-state index in [1.165, 1.54) is 44.5 Å². The Morgan fingerprint density at radius 2 is 1.92 bits per heavy atom. The summed E-state index contributed by atoms with van der Waals surface area (Å²) in [4.78, 5) is 14.1. The molecule has 2 heterocycles. The van der Waals surface area contributed by atoms with Crippen LogP contribution in [0.15, 0.2) is 41.6 Å². The number of aryl methyl sites for hydroxylation is 1. The van der Waals surface area contributed by atoms with E-state index in [9.17, 15) is 17.6 Å². The largest absolute Gasteiger partial charge is 0.337 e. The Morgan fingerprint density at radius 3 is 2.60 bits per heavy atom. The summed E-state index contributed by atoms with van der Waals surface area (Å²) >= 11 is 0. The maximum atomic E-state index is 13.8. The minimum absolute atomic E-state index is 0.00562. The molecule has 2 aromatic rings. The zero-order valence-corrected chi connectivity index (χ0v) is 14.6. The topological polar surface area (TPSA) is 75.5 Å². The van der Waals surface area contributed by atoms with Crippen LogP contribution in [0.2, 0.25) is 0 Å². The summed E-state index contributed by atoms with van der Waals surface area (Å²) < 4.78 is 41.9. The maximum absolute atomic E-state index is 13.8. The van der Waals surface area contributed by atoms with Crippen LogP contribution in [0.1, 0.15) is 16.8 Å². The first kappa shape index (κ1) is 17.6. The van der Waals surface area contributed by atoms with Crippen LogP contribution >= 0.6 is 0 Å². The first-order valence-corrected chi connectivity index (χ1v) is 9.36. The third-order valence-corrected chi connectivity index (χ3v) is 6.02. The zero-order chi connectivity index (χ0) is 18.0. The number of carbonyl (C=O) groups is 1. The third kappa shape index (κ3) is 3.57. The van der Waals surface area contributed by atoms with E-state index in [1.54, 1.807) is 13.1 Å². The second kappa shape index (κ2) is 6.93. The highest BCUT2D eigenvalue weighted by Crippen LogP contribution is 2.18. The van der Waals surface area contributed by atoms with Crippen molar-refractivity contribution in [2.75, 3.05) is 26.2 Å². The number of sulfonamides is 1. The molecular weight excluding hydrogens is 347 g/mol. The monoisotopic (exact) mass is 366 g/mol. The summed E-state index contributed by atoms with van der Waals surface area (Å²) in [6.07, 6.45) is 3.24. The fourth-order valence-corrected chi connectivity index (χ4v) is 4.28. The van der Waals surface area contributed by atoms with E-state index in [1.807, 2.05) is 0 Å². The second-order valence-electron chi connectivity index (χ2n) is 5.88. The molecule has 0 bridgehead atoms. The number of hydrogen-bond acceptors (Lipinski definition) is 4. The van der Waals surface area contributed by atoms with Crippen molar-refractivity contribution < 1.29 is 17.6 Å². The quantitative estimate of drug-likeness (QED) is 0.815. The van der Waals surface area contributed by atoms with Crippen LogP contribution in [0, 0.1) is 5.82 Å². The molecule has 9 heteroatoms. The van der Waals surface area contributed by atoms with Crippen LogP contribution < -0.4 is 0 Å². The first-order chi connectivity index (χ1) is 11.9. The van der Waals surface area contributed by atoms with Gasteiger partial charge in [0.2, 0.25) is 10.0 Å². The molecule has 0 atom stereocenters. The van der Waals surface area contributed by atoms with Crippen molar-refractivity contribution in [3.8, 4) is 0 Å². The van der Waals surface area contributed by atoms with Gasteiger partial charge in [-0.05, 0) is 18.6 Å². The van der Waals surface area contributed by atoms with E-state index in [4.69, 9.17) is 0 Å². The fraction of sp³-hybridized carbons (Fsp3) is 0.375. The van der Waals surface area contributed by atoms with Gasteiger partial charge in [-0.15, -0.1) is 0 Å². The Kier molecular flexibility index (Phi) is 4.87. The summed E-state index contributed by atoms with van der Waals surface area (Å²) in [7, 11) is -2.00. The normalized spacial score (nSPS) is 16.6. The van der Waals surface area contributed by atoms with Gasteiger partial charge in [-0.3, -0.25) is 9.48 Å². The van der Waals surface area contributed by atoms with E-state index in [0.29, 0.717) is 19.5 Å². The van der Waals surface area contributed by atoms with Crippen LogP contribution in [0.25, 0.3) is 0 Å². The van der Waals surface area contributed by atoms with Gasteiger partial charge < -0.3 is 4.90 Å². The molecule has 1 aromatic heterocycles. The van der Waals surface area contributed by atoms with Crippen molar-refractivity contribution in [1.29, 1.82) is 0 Å². The SMILES string of the molecule is Cn1cc(S(=O)(=O)N2CCCN(C(=O)c3ccccc3F)CC2)cn1. The molecule has 1 amide bonds. The highest BCUT2D eigenvalue weighted by Gasteiger charge is 2.29. The minimum atomic E-state index is -3.65. The average Bonchev–Trinajstić information content (AvgIpc) is 2.88. The summed E-state index contributed by atoms with van der Waals surface area (Å²) in [6, 6.07) is 5.81. The lowest BCUT2D eigenvalue weighted by Crippen LogP contribution is -2.37. The number of aromatic nitrogens is 2. The number of rotatable bonds is 3. The van der Waals surface area contributed by atoms with Gasteiger partial charge in [0, 0.05) is 39.4 Å². The van der Waals surface area contributed by atoms with Gasteiger partial charge in [0.15, 0.2) is 0 Å². The molecule has 0 aliphatic carbocycles. The predicted molar refractivity (Wildman–Crippen MR) is 88.9 cm³/mol. The van der Waals surface area contributed by atoms with E-state index in [-0.39, 0.29) is 23.5 Å². The Morgan fingerprint density at radius 1 is 1.16 bits per heavy atom. The molecule has 1 aliphatic heterocycles. The van der Waals surface area contributed by atoms with Gasteiger partial charge in [-0.2, -0.15) is 9.40 Å². The highest BCUT2D eigenvalue weighted by atomic mass is 32.2. The van der Waals surface area contributed by atoms with E-state index in [0.717, 1.165) is 0 Å². The highest BCUT2D eigenvalue weighted by molar-refractivity contribution is 7.89. The van der Waals surface area contributed by atoms with Gasteiger partial charge in [0.1, 0.15) is 10.7 Å². The zero-order valence-electron chi connectivity index (χ0n) is 13.8. The van der Waals surface area contributed by atoms with E-state index in [2.05, 4.69) is 5.10 Å². The molecule has 1 fully saturated rings. The van der Waals surface area contributed by atoms with E-state index < -0.39 is 21.7 Å². The summed E-state index contributed by atoms with van der Waals surface area (Å²) in [5, 5.41) is 3.90. The summed E-state index contributed by atoms with van der Waals surface area (Å²) in [5.74, 6) is -0.990. The van der Waals surface area contributed by atoms with Gasteiger partial charge in [0.05, 0.1) is 11.8 Å². The van der Waals surface area contributed by atoms with Gasteiger partial charge in [-0.1, -0.05) is 12.1 Å². The average molecular weight is 366 g/mol. The van der Waals surface area contributed by atoms with Crippen LogP contribution in [-0.4, -0.2) is 59.5 Å². The molecule has 0 saturated carbocycles. The molecule has 0 radical (unpaired) electrons. The minimum Gasteiger partial charge on any atom is -0.337 e. The van der Waals surface area contributed by atoms with Crippen molar-refractivity contribution >= 4 is 15.9 Å². The molecular formula is C16H19FN4O3S. The maximum Gasteiger partial charge on any atom is 0.256 e. The molecule has 0 unspecified atom stereocenters. The lowest BCUT2D eigenvalue weighted by atomic mass is 10.2. The second-order valence-corrected chi connectivity index (χ2v) is 7.82. The Labute approximate surface area is 145 Å². The van der Waals surface area contributed by atoms with Crippen molar-refractivity contribution in [2.45, 2.75) is 11.3 Å². The number of amides is 1. The van der Waals surface area contributed by atoms with Crippen molar-refractivity contribution in [3.63, 3.8) is 0 Å². The predicted octanol–water partition coefficient (Wildman–Crippen LogP) is 1.10. The molecule has 7 nitrogen and oxygen atoms in total. The van der Waals surface area contributed by atoms with Crippen molar-refractivity contribution in [3.05, 3.63) is 48.0 Å². The molecule has 0 N–H and O–H groups in total.